The van der Waals surface area contributed by atoms with Gasteiger partial charge in [-0.2, -0.15) is 0 Å². The largest absolute Gasteiger partial charge is 0.315 e. The van der Waals surface area contributed by atoms with Crippen LogP contribution in [-0.2, 0) is 9.59 Å². The first kappa shape index (κ1) is 7.73. The van der Waals surface area contributed by atoms with Gasteiger partial charge in [0.2, 0.25) is 11.8 Å². The highest BCUT2D eigenvalue weighted by molar-refractivity contribution is 6.10. The number of carbonyl (C=O) groups is 2. The van der Waals surface area contributed by atoms with Gasteiger partial charge in [-0.05, 0) is 13.8 Å². The second kappa shape index (κ2) is 1.88. The van der Waals surface area contributed by atoms with Crippen molar-refractivity contribution in [2.75, 3.05) is 13.1 Å². The zero-order chi connectivity index (χ0) is 8.98. The molecule has 0 radical (unpaired) electrons. The van der Waals surface area contributed by atoms with Crippen LogP contribution in [0.3, 0.4) is 0 Å². The minimum absolute atomic E-state index is 0.139. The van der Waals surface area contributed by atoms with Gasteiger partial charge < -0.3 is 5.32 Å². The van der Waals surface area contributed by atoms with Crippen LogP contribution in [0.15, 0.2) is 0 Å². The van der Waals surface area contributed by atoms with Crippen molar-refractivity contribution in [1.82, 2.24) is 10.6 Å². The summed E-state index contributed by atoms with van der Waals surface area (Å²) < 4.78 is 0. The van der Waals surface area contributed by atoms with Crippen molar-refractivity contribution in [3.63, 3.8) is 0 Å². The van der Waals surface area contributed by atoms with Crippen LogP contribution in [0.2, 0.25) is 0 Å². The third-order valence-corrected chi connectivity index (χ3v) is 3.40. The fraction of sp³-hybridized carbons (Fsp3) is 0.750. The number of fused-ring (bicyclic) bond motifs is 1. The standard InChI is InChI=1S/C8H12N2O2/c1-7-3-9-4-8(7,2)6(12)10-5(7)11/h9H,3-4H2,1-2H3,(H,10,11,12)/t7-,8-/m1/s1. The molecule has 2 saturated heterocycles. The van der Waals surface area contributed by atoms with Crippen LogP contribution < -0.4 is 10.6 Å². The third-order valence-electron chi connectivity index (χ3n) is 3.40. The smallest absolute Gasteiger partial charge is 0.234 e. The predicted molar refractivity (Wildman–Crippen MR) is 42.2 cm³/mol. The Balaban J connectivity index is 2.52. The Bertz CT molecular complexity index is 250. The average Bonchev–Trinajstić information content (AvgIpc) is 2.37. The van der Waals surface area contributed by atoms with Gasteiger partial charge in [0.05, 0.1) is 10.8 Å². The summed E-state index contributed by atoms with van der Waals surface area (Å²) in [6, 6.07) is 0. The topological polar surface area (TPSA) is 58.2 Å². The van der Waals surface area contributed by atoms with Gasteiger partial charge >= 0.3 is 0 Å². The molecule has 0 saturated carbocycles. The van der Waals surface area contributed by atoms with Crippen LogP contribution >= 0.6 is 0 Å². The van der Waals surface area contributed by atoms with Crippen LogP contribution in [0.25, 0.3) is 0 Å². The average molecular weight is 168 g/mol. The van der Waals surface area contributed by atoms with Gasteiger partial charge in [0.25, 0.3) is 0 Å². The second-order valence-electron chi connectivity index (χ2n) is 4.05. The third kappa shape index (κ3) is 0.579. The first-order valence-corrected chi connectivity index (χ1v) is 4.07. The van der Waals surface area contributed by atoms with Crippen molar-refractivity contribution in [2.24, 2.45) is 10.8 Å². The van der Waals surface area contributed by atoms with E-state index in [9.17, 15) is 9.59 Å². The fourth-order valence-electron chi connectivity index (χ4n) is 1.99. The molecule has 0 spiro atoms. The molecule has 2 fully saturated rings. The van der Waals surface area contributed by atoms with Crippen molar-refractivity contribution < 1.29 is 9.59 Å². The van der Waals surface area contributed by atoms with Gasteiger partial charge in [-0.3, -0.25) is 14.9 Å². The Morgan fingerprint density at radius 3 is 1.92 bits per heavy atom. The van der Waals surface area contributed by atoms with E-state index in [1.165, 1.54) is 0 Å². The van der Waals surface area contributed by atoms with E-state index >= 15 is 0 Å². The molecule has 0 aliphatic carbocycles. The maximum atomic E-state index is 11.4. The summed E-state index contributed by atoms with van der Waals surface area (Å²) in [7, 11) is 0. The highest BCUT2D eigenvalue weighted by atomic mass is 16.2. The molecule has 4 nitrogen and oxygen atoms in total. The van der Waals surface area contributed by atoms with Gasteiger partial charge in [-0.15, -0.1) is 0 Å². The fourth-order valence-corrected chi connectivity index (χ4v) is 1.99. The molecule has 4 heteroatoms. The van der Waals surface area contributed by atoms with Crippen LogP contribution in [-0.4, -0.2) is 24.9 Å². The molecule has 0 unspecified atom stereocenters. The van der Waals surface area contributed by atoms with Crippen LogP contribution in [0.4, 0.5) is 0 Å². The maximum absolute atomic E-state index is 11.4. The monoisotopic (exact) mass is 168 g/mol. The molecule has 2 heterocycles. The van der Waals surface area contributed by atoms with Crippen LogP contribution in [0.5, 0.6) is 0 Å². The Morgan fingerprint density at radius 2 is 1.50 bits per heavy atom. The predicted octanol–water partition coefficient (Wildman–Crippen LogP) is -0.741. The van der Waals surface area contributed by atoms with Gasteiger partial charge in [0, 0.05) is 13.1 Å². The minimum Gasteiger partial charge on any atom is -0.315 e. The molecule has 2 aliphatic rings. The zero-order valence-electron chi connectivity index (χ0n) is 7.23. The molecule has 2 amide bonds. The lowest BCUT2D eigenvalue weighted by Crippen LogP contribution is -2.38. The summed E-state index contributed by atoms with van der Waals surface area (Å²) in [6.07, 6.45) is 0. The summed E-state index contributed by atoms with van der Waals surface area (Å²) in [4.78, 5) is 22.8. The van der Waals surface area contributed by atoms with Crippen LogP contribution in [0, 0.1) is 10.8 Å². The van der Waals surface area contributed by atoms with E-state index in [1.807, 2.05) is 13.8 Å². The van der Waals surface area contributed by atoms with Crippen molar-refractivity contribution in [3.05, 3.63) is 0 Å². The molecule has 12 heavy (non-hydrogen) atoms. The molecule has 2 rings (SSSR count). The Hall–Kier alpha value is -0.900. The summed E-state index contributed by atoms with van der Waals surface area (Å²) >= 11 is 0. The lowest BCUT2D eigenvalue weighted by atomic mass is 9.70. The van der Waals surface area contributed by atoms with E-state index in [4.69, 9.17) is 0 Å². The zero-order valence-corrected chi connectivity index (χ0v) is 7.23. The van der Waals surface area contributed by atoms with Crippen molar-refractivity contribution in [2.45, 2.75) is 13.8 Å². The highest BCUT2D eigenvalue weighted by Crippen LogP contribution is 2.46. The molecule has 0 aromatic carbocycles. The molecule has 2 N–H and O–H groups in total. The lowest BCUT2D eigenvalue weighted by molar-refractivity contribution is -0.128. The molecular formula is C8H12N2O2. The second-order valence-corrected chi connectivity index (χ2v) is 4.05. The molecule has 0 aromatic rings. The molecule has 0 bridgehead atoms. The number of imide groups is 1. The highest BCUT2D eigenvalue weighted by Gasteiger charge is 2.63. The SMILES string of the molecule is C[C@]12CNC[C@]1(C)C(=O)NC2=O. The Kier molecular flexibility index (Phi) is 1.21. The van der Waals surface area contributed by atoms with Crippen LogP contribution in [0.1, 0.15) is 13.8 Å². The number of carbonyl (C=O) groups excluding carboxylic acids is 2. The molecule has 0 aromatic heterocycles. The quantitative estimate of drug-likeness (QED) is 0.468. The first-order valence-electron chi connectivity index (χ1n) is 4.07. The summed E-state index contributed by atoms with van der Waals surface area (Å²) in [5, 5.41) is 5.47. The van der Waals surface area contributed by atoms with Gasteiger partial charge in [-0.1, -0.05) is 0 Å². The van der Waals surface area contributed by atoms with E-state index in [1.54, 1.807) is 0 Å². The number of hydrogen-bond acceptors (Lipinski definition) is 3. The molecule has 66 valence electrons. The first-order chi connectivity index (χ1) is 5.51. The van der Waals surface area contributed by atoms with E-state index in [-0.39, 0.29) is 11.8 Å². The number of rotatable bonds is 0. The number of amides is 2. The van der Waals surface area contributed by atoms with Crippen molar-refractivity contribution >= 4 is 11.8 Å². The normalized spacial score (nSPS) is 46.2. The van der Waals surface area contributed by atoms with Gasteiger partial charge in [0.1, 0.15) is 0 Å². The minimum atomic E-state index is -0.538. The molecule has 2 atom stereocenters. The van der Waals surface area contributed by atoms with Gasteiger partial charge in [-0.25, -0.2) is 0 Å². The summed E-state index contributed by atoms with van der Waals surface area (Å²) in [6.45, 7) is 4.88. The maximum Gasteiger partial charge on any atom is 0.234 e. The summed E-state index contributed by atoms with van der Waals surface area (Å²) in [5.41, 5.74) is -1.08. The van der Waals surface area contributed by atoms with E-state index in [0.717, 1.165) is 0 Å². The Labute approximate surface area is 70.7 Å². The van der Waals surface area contributed by atoms with E-state index < -0.39 is 10.8 Å². The number of nitrogens with one attached hydrogen (secondary N) is 2. The van der Waals surface area contributed by atoms with Gasteiger partial charge in [0.15, 0.2) is 0 Å². The summed E-state index contributed by atoms with van der Waals surface area (Å²) in [5.74, 6) is -0.278. The van der Waals surface area contributed by atoms with Crippen molar-refractivity contribution in [3.8, 4) is 0 Å². The Morgan fingerprint density at radius 1 is 1.08 bits per heavy atom. The number of hydrogen-bond donors (Lipinski definition) is 2. The van der Waals surface area contributed by atoms with Crippen molar-refractivity contribution in [1.29, 1.82) is 0 Å². The molecule has 2 aliphatic heterocycles. The van der Waals surface area contributed by atoms with E-state index in [0.29, 0.717) is 13.1 Å². The lowest BCUT2D eigenvalue weighted by Gasteiger charge is -2.26. The van der Waals surface area contributed by atoms with E-state index in [2.05, 4.69) is 10.6 Å². The molecular weight excluding hydrogens is 156 g/mol.